The van der Waals surface area contributed by atoms with Gasteiger partial charge in [0.05, 0.1) is 16.7 Å². The lowest BCUT2D eigenvalue weighted by molar-refractivity contribution is 0.581. The molecule has 2 nitrogen and oxygen atoms in total. The Morgan fingerprint density at radius 2 is 1.65 bits per heavy atom. The molecule has 0 N–H and O–H groups in total. The number of imidazole rings is 1. The van der Waals surface area contributed by atoms with E-state index in [-0.39, 0.29) is 5.92 Å². The summed E-state index contributed by atoms with van der Waals surface area (Å²) >= 11 is 0. The van der Waals surface area contributed by atoms with Crippen molar-refractivity contribution in [2.75, 3.05) is 0 Å². The number of aromatic nitrogens is 2. The van der Waals surface area contributed by atoms with Crippen LogP contribution < -0.4 is 0 Å². The van der Waals surface area contributed by atoms with Gasteiger partial charge in [-0.25, -0.2) is 13.8 Å². The number of para-hydroxylation sites is 2. The van der Waals surface area contributed by atoms with E-state index < -0.39 is 11.6 Å². The third-order valence-corrected chi connectivity index (χ3v) is 3.21. The Morgan fingerprint density at radius 1 is 1.00 bits per heavy atom. The van der Waals surface area contributed by atoms with Crippen LogP contribution in [0.3, 0.4) is 0 Å². The van der Waals surface area contributed by atoms with E-state index in [1.807, 2.05) is 42.7 Å². The molecule has 4 heteroatoms. The predicted octanol–water partition coefficient (Wildman–Crippen LogP) is 4.43. The van der Waals surface area contributed by atoms with Crippen molar-refractivity contribution < 1.29 is 8.78 Å². The molecule has 0 bridgehead atoms. The van der Waals surface area contributed by atoms with Crippen LogP contribution in [0.25, 0.3) is 16.7 Å². The van der Waals surface area contributed by atoms with Crippen molar-refractivity contribution in [3.63, 3.8) is 0 Å². The Kier molecular flexibility index (Phi) is 3.01. The quantitative estimate of drug-likeness (QED) is 0.675. The monoisotopic (exact) mass is 272 g/mol. The Labute approximate surface area is 115 Å². The first-order valence-electron chi connectivity index (χ1n) is 6.50. The topological polar surface area (TPSA) is 17.8 Å². The highest BCUT2D eigenvalue weighted by Gasteiger charge is 2.15. The zero-order valence-electron chi connectivity index (χ0n) is 11.3. The second-order valence-corrected chi connectivity index (χ2v) is 5.08. The predicted molar refractivity (Wildman–Crippen MR) is 75.1 cm³/mol. The highest BCUT2D eigenvalue weighted by molar-refractivity contribution is 5.78. The molecular weight excluding hydrogens is 258 g/mol. The summed E-state index contributed by atoms with van der Waals surface area (Å²) in [4.78, 5) is 4.57. The molecule has 0 aliphatic carbocycles. The number of fused-ring (bicyclic) bond motifs is 1. The fourth-order valence-electron chi connectivity index (χ4n) is 2.37. The minimum atomic E-state index is -0.590. The van der Waals surface area contributed by atoms with Crippen LogP contribution in [0, 0.1) is 11.6 Å². The van der Waals surface area contributed by atoms with Crippen LogP contribution in [0.5, 0.6) is 0 Å². The van der Waals surface area contributed by atoms with E-state index in [9.17, 15) is 8.78 Å². The Morgan fingerprint density at radius 3 is 2.30 bits per heavy atom. The van der Waals surface area contributed by atoms with Gasteiger partial charge in [-0.15, -0.1) is 0 Å². The van der Waals surface area contributed by atoms with Crippen molar-refractivity contribution in [1.82, 2.24) is 9.55 Å². The maximum Gasteiger partial charge on any atom is 0.128 e. The van der Waals surface area contributed by atoms with Crippen LogP contribution in [0.4, 0.5) is 8.78 Å². The van der Waals surface area contributed by atoms with E-state index in [4.69, 9.17) is 0 Å². The second-order valence-electron chi connectivity index (χ2n) is 5.08. The largest absolute Gasteiger partial charge is 0.296 e. The molecule has 0 atom stereocenters. The molecule has 3 aromatic rings. The highest BCUT2D eigenvalue weighted by Crippen LogP contribution is 2.26. The first-order valence-corrected chi connectivity index (χ1v) is 6.50. The van der Waals surface area contributed by atoms with Gasteiger partial charge in [0, 0.05) is 12.0 Å². The van der Waals surface area contributed by atoms with Crippen molar-refractivity contribution in [2.24, 2.45) is 0 Å². The number of hydrogen-bond acceptors (Lipinski definition) is 1. The molecule has 0 aliphatic rings. The van der Waals surface area contributed by atoms with Crippen molar-refractivity contribution in [2.45, 2.75) is 19.8 Å². The average Bonchev–Trinajstić information content (AvgIpc) is 2.77. The molecule has 2 aromatic carbocycles. The molecule has 0 aliphatic heterocycles. The van der Waals surface area contributed by atoms with Gasteiger partial charge in [0.25, 0.3) is 0 Å². The van der Waals surface area contributed by atoms with Crippen LogP contribution in [0.2, 0.25) is 0 Å². The standard InChI is InChI=1S/C16H14F2N2/c1-10(2)16-19-14-5-3-4-6-15(14)20(16)13-8-11(17)7-12(18)9-13/h3-10H,1-2H3. The van der Waals surface area contributed by atoms with Crippen LogP contribution in [-0.4, -0.2) is 9.55 Å². The Bertz CT molecular complexity index is 755. The molecule has 0 radical (unpaired) electrons. The highest BCUT2D eigenvalue weighted by atomic mass is 19.1. The molecule has 0 spiro atoms. The molecule has 1 heterocycles. The molecule has 0 unspecified atom stereocenters. The molecule has 20 heavy (non-hydrogen) atoms. The van der Waals surface area contributed by atoms with Gasteiger partial charge in [0.15, 0.2) is 0 Å². The van der Waals surface area contributed by atoms with Crippen molar-refractivity contribution >= 4 is 11.0 Å². The number of hydrogen-bond donors (Lipinski definition) is 0. The summed E-state index contributed by atoms with van der Waals surface area (Å²) in [5.41, 5.74) is 2.13. The van der Waals surface area contributed by atoms with Gasteiger partial charge in [-0.1, -0.05) is 26.0 Å². The number of halogens is 2. The molecule has 1 aromatic heterocycles. The first-order chi connectivity index (χ1) is 9.56. The van der Waals surface area contributed by atoms with Crippen molar-refractivity contribution in [1.29, 1.82) is 0 Å². The fourth-order valence-corrected chi connectivity index (χ4v) is 2.37. The third-order valence-electron chi connectivity index (χ3n) is 3.21. The Hall–Kier alpha value is -2.23. The first kappa shape index (κ1) is 12.8. The third kappa shape index (κ3) is 2.07. The summed E-state index contributed by atoms with van der Waals surface area (Å²) in [6.45, 7) is 4.01. The minimum Gasteiger partial charge on any atom is -0.296 e. The van der Waals surface area contributed by atoms with Crippen molar-refractivity contribution in [3.8, 4) is 5.69 Å². The molecule has 3 rings (SSSR count). The smallest absolute Gasteiger partial charge is 0.128 e. The maximum absolute atomic E-state index is 13.5. The SMILES string of the molecule is CC(C)c1nc2ccccc2n1-c1cc(F)cc(F)c1. The maximum atomic E-state index is 13.5. The lowest BCUT2D eigenvalue weighted by Gasteiger charge is -2.11. The van der Waals surface area contributed by atoms with Gasteiger partial charge in [-0.05, 0) is 24.3 Å². The summed E-state index contributed by atoms with van der Waals surface area (Å²) in [5.74, 6) is -0.245. The molecule has 102 valence electrons. The van der Waals surface area contributed by atoms with Gasteiger partial charge in [0.2, 0.25) is 0 Å². The van der Waals surface area contributed by atoms with Gasteiger partial charge < -0.3 is 0 Å². The van der Waals surface area contributed by atoms with E-state index in [2.05, 4.69) is 4.98 Å². The van der Waals surface area contributed by atoms with Crippen LogP contribution in [0.15, 0.2) is 42.5 Å². The van der Waals surface area contributed by atoms with Gasteiger partial charge >= 0.3 is 0 Å². The number of rotatable bonds is 2. The molecule has 0 saturated carbocycles. The van der Waals surface area contributed by atoms with E-state index >= 15 is 0 Å². The van der Waals surface area contributed by atoms with E-state index in [1.165, 1.54) is 12.1 Å². The average molecular weight is 272 g/mol. The van der Waals surface area contributed by atoms with Gasteiger partial charge in [-0.2, -0.15) is 0 Å². The lowest BCUT2D eigenvalue weighted by atomic mass is 10.2. The van der Waals surface area contributed by atoms with Gasteiger partial charge in [-0.3, -0.25) is 4.57 Å². The van der Waals surface area contributed by atoms with Crippen LogP contribution >= 0.6 is 0 Å². The number of nitrogens with zero attached hydrogens (tertiary/aromatic N) is 2. The summed E-state index contributed by atoms with van der Waals surface area (Å²) in [6.07, 6.45) is 0. The van der Waals surface area contributed by atoms with E-state index in [0.29, 0.717) is 5.69 Å². The molecule has 0 fully saturated rings. The number of benzene rings is 2. The van der Waals surface area contributed by atoms with E-state index in [0.717, 1.165) is 22.9 Å². The Balaban J connectivity index is 2.36. The summed E-state index contributed by atoms with van der Waals surface area (Å²) < 4.78 is 28.8. The fraction of sp³-hybridized carbons (Fsp3) is 0.188. The van der Waals surface area contributed by atoms with Crippen LogP contribution in [-0.2, 0) is 0 Å². The lowest BCUT2D eigenvalue weighted by Crippen LogP contribution is -2.04. The van der Waals surface area contributed by atoms with Crippen LogP contribution in [0.1, 0.15) is 25.6 Å². The second kappa shape index (κ2) is 4.71. The minimum absolute atomic E-state index is 0.147. The normalized spacial score (nSPS) is 11.4. The zero-order chi connectivity index (χ0) is 14.3. The summed E-state index contributed by atoms with van der Waals surface area (Å²) in [7, 11) is 0. The summed E-state index contributed by atoms with van der Waals surface area (Å²) in [6, 6.07) is 11.1. The van der Waals surface area contributed by atoms with Crippen molar-refractivity contribution in [3.05, 3.63) is 59.9 Å². The molecular formula is C16H14F2N2. The van der Waals surface area contributed by atoms with E-state index in [1.54, 1.807) is 0 Å². The van der Waals surface area contributed by atoms with Gasteiger partial charge in [0.1, 0.15) is 17.5 Å². The molecule has 0 amide bonds. The zero-order valence-corrected chi connectivity index (χ0v) is 11.3. The summed E-state index contributed by atoms with van der Waals surface area (Å²) in [5, 5.41) is 0. The molecule has 0 saturated heterocycles.